The second-order valence-corrected chi connectivity index (χ2v) is 7.50. The monoisotopic (exact) mass is 344 g/mol. The first-order chi connectivity index (χ1) is 11.5. The van der Waals surface area contributed by atoms with E-state index in [-0.39, 0.29) is 12.0 Å². The molecule has 2 N–H and O–H groups in total. The van der Waals surface area contributed by atoms with Gasteiger partial charge < -0.3 is 10.6 Å². The fourth-order valence-electron chi connectivity index (χ4n) is 2.84. The third-order valence-electron chi connectivity index (χ3n) is 4.25. The summed E-state index contributed by atoms with van der Waals surface area (Å²) in [6.45, 7) is 4.16. The highest BCUT2D eigenvalue weighted by Crippen LogP contribution is 2.35. The molecule has 0 saturated carbocycles. The Balaban J connectivity index is 1.78. The Bertz CT molecular complexity index is 678. The molecule has 1 aromatic carbocycles. The molecule has 3 rings (SSSR count). The zero-order chi connectivity index (χ0) is 17.1. The van der Waals surface area contributed by atoms with Crippen molar-refractivity contribution in [2.75, 3.05) is 43.6 Å². The van der Waals surface area contributed by atoms with Crippen LogP contribution in [0.15, 0.2) is 30.3 Å². The van der Waals surface area contributed by atoms with Crippen molar-refractivity contribution in [1.29, 1.82) is 0 Å². The van der Waals surface area contributed by atoms with Gasteiger partial charge in [0.05, 0.1) is 6.04 Å². The first kappa shape index (κ1) is 17.0. The van der Waals surface area contributed by atoms with E-state index in [1.54, 1.807) is 0 Å². The normalized spacial score (nSPS) is 19.9. The van der Waals surface area contributed by atoms with E-state index >= 15 is 0 Å². The van der Waals surface area contributed by atoms with Crippen LogP contribution in [0.1, 0.15) is 29.6 Å². The summed E-state index contributed by atoms with van der Waals surface area (Å²) in [4.78, 5) is 17.4. The van der Waals surface area contributed by atoms with E-state index in [2.05, 4.69) is 57.1 Å². The van der Waals surface area contributed by atoms with Crippen molar-refractivity contribution in [3.63, 3.8) is 0 Å². The first-order valence-corrected chi connectivity index (χ1v) is 9.19. The SMILES string of the molecule is CC(c1nc(N)nc(N(C)C)n1)N1CCSC(c2ccccc2)C1. The fraction of sp³-hybridized carbons (Fsp3) is 0.471. The van der Waals surface area contributed by atoms with Gasteiger partial charge in [0.2, 0.25) is 11.9 Å². The van der Waals surface area contributed by atoms with Crippen molar-refractivity contribution in [2.45, 2.75) is 18.2 Å². The van der Waals surface area contributed by atoms with Gasteiger partial charge in [-0.25, -0.2) is 0 Å². The average molecular weight is 344 g/mol. The van der Waals surface area contributed by atoms with E-state index in [0.717, 1.165) is 24.7 Å². The van der Waals surface area contributed by atoms with E-state index in [1.807, 2.05) is 30.8 Å². The molecule has 0 spiro atoms. The predicted octanol–water partition coefficient (Wildman–Crippen LogP) is 2.37. The smallest absolute Gasteiger partial charge is 0.229 e. The van der Waals surface area contributed by atoms with Gasteiger partial charge in [-0.2, -0.15) is 26.7 Å². The van der Waals surface area contributed by atoms with Crippen LogP contribution in [0.4, 0.5) is 11.9 Å². The molecule has 1 aliphatic rings. The molecule has 2 heterocycles. The number of hydrogen-bond donors (Lipinski definition) is 1. The molecule has 1 fully saturated rings. The molecule has 2 atom stereocenters. The summed E-state index contributed by atoms with van der Waals surface area (Å²) in [5.74, 6) is 2.73. The number of nitrogens with two attached hydrogens (primary N) is 1. The van der Waals surface area contributed by atoms with Gasteiger partial charge in [-0.3, -0.25) is 4.90 Å². The number of hydrogen-bond acceptors (Lipinski definition) is 7. The molecule has 2 unspecified atom stereocenters. The summed E-state index contributed by atoms with van der Waals surface area (Å²) < 4.78 is 0. The van der Waals surface area contributed by atoms with Crippen LogP contribution in [0.2, 0.25) is 0 Å². The van der Waals surface area contributed by atoms with Crippen molar-refractivity contribution in [2.24, 2.45) is 0 Å². The summed E-state index contributed by atoms with van der Waals surface area (Å²) in [5, 5.41) is 0.481. The van der Waals surface area contributed by atoms with Gasteiger partial charge >= 0.3 is 0 Å². The van der Waals surface area contributed by atoms with Crippen LogP contribution >= 0.6 is 11.8 Å². The number of rotatable bonds is 4. The minimum atomic E-state index is 0.112. The Labute approximate surface area is 147 Å². The molecule has 2 aromatic rings. The molecule has 7 heteroatoms. The highest BCUT2D eigenvalue weighted by Gasteiger charge is 2.27. The number of thioether (sulfide) groups is 1. The van der Waals surface area contributed by atoms with Crippen LogP contribution in [0.5, 0.6) is 0 Å². The number of benzene rings is 1. The largest absolute Gasteiger partial charge is 0.368 e. The molecular formula is C17H24N6S. The zero-order valence-corrected chi connectivity index (χ0v) is 15.2. The Morgan fingerprint density at radius 3 is 2.67 bits per heavy atom. The summed E-state index contributed by atoms with van der Waals surface area (Å²) in [5.41, 5.74) is 7.25. The van der Waals surface area contributed by atoms with Crippen molar-refractivity contribution >= 4 is 23.7 Å². The van der Waals surface area contributed by atoms with Crippen molar-refractivity contribution in [3.8, 4) is 0 Å². The highest BCUT2D eigenvalue weighted by atomic mass is 32.2. The molecule has 0 aliphatic carbocycles. The zero-order valence-electron chi connectivity index (χ0n) is 14.4. The van der Waals surface area contributed by atoms with Gasteiger partial charge in [-0.05, 0) is 12.5 Å². The molecular weight excluding hydrogens is 320 g/mol. The second kappa shape index (κ2) is 7.36. The van der Waals surface area contributed by atoms with Crippen LogP contribution < -0.4 is 10.6 Å². The van der Waals surface area contributed by atoms with Crippen molar-refractivity contribution in [1.82, 2.24) is 19.9 Å². The lowest BCUT2D eigenvalue weighted by atomic mass is 10.1. The van der Waals surface area contributed by atoms with Gasteiger partial charge in [0, 0.05) is 38.2 Å². The maximum Gasteiger partial charge on any atom is 0.229 e. The van der Waals surface area contributed by atoms with Crippen LogP contribution in [-0.2, 0) is 0 Å². The molecule has 24 heavy (non-hydrogen) atoms. The fourth-order valence-corrected chi connectivity index (χ4v) is 4.11. The third kappa shape index (κ3) is 3.79. The molecule has 1 saturated heterocycles. The Morgan fingerprint density at radius 1 is 1.21 bits per heavy atom. The van der Waals surface area contributed by atoms with E-state index < -0.39 is 0 Å². The lowest BCUT2D eigenvalue weighted by Crippen LogP contribution is -2.37. The van der Waals surface area contributed by atoms with Crippen molar-refractivity contribution in [3.05, 3.63) is 41.7 Å². The Kier molecular flexibility index (Phi) is 5.20. The van der Waals surface area contributed by atoms with Gasteiger partial charge in [0.1, 0.15) is 0 Å². The maximum atomic E-state index is 5.87. The quantitative estimate of drug-likeness (QED) is 0.913. The number of nitrogen functional groups attached to an aromatic ring is 1. The minimum Gasteiger partial charge on any atom is -0.368 e. The minimum absolute atomic E-state index is 0.112. The topological polar surface area (TPSA) is 71.2 Å². The van der Waals surface area contributed by atoms with E-state index in [1.165, 1.54) is 5.56 Å². The Morgan fingerprint density at radius 2 is 1.96 bits per heavy atom. The molecule has 0 radical (unpaired) electrons. The molecule has 1 aromatic heterocycles. The van der Waals surface area contributed by atoms with Gasteiger partial charge in [-0.1, -0.05) is 30.3 Å². The van der Waals surface area contributed by atoms with Crippen LogP contribution in [0, 0.1) is 0 Å². The average Bonchev–Trinajstić information content (AvgIpc) is 2.61. The lowest BCUT2D eigenvalue weighted by Gasteiger charge is -2.36. The number of nitrogens with zero attached hydrogens (tertiary/aromatic N) is 5. The molecule has 0 bridgehead atoms. The van der Waals surface area contributed by atoms with Gasteiger partial charge in [-0.15, -0.1) is 0 Å². The Hall–Kier alpha value is -1.86. The predicted molar refractivity (Wildman–Crippen MR) is 100 cm³/mol. The first-order valence-electron chi connectivity index (χ1n) is 8.14. The standard InChI is InChI=1S/C17H24N6S/c1-12(15-19-16(18)21-17(20-15)22(2)3)23-9-10-24-14(11-23)13-7-5-4-6-8-13/h4-8,12,14H,9-11H2,1-3H3,(H2,18,19,20,21). The van der Waals surface area contributed by atoms with Gasteiger partial charge in [0.15, 0.2) is 5.82 Å². The van der Waals surface area contributed by atoms with Gasteiger partial charge in [0.25, 0.3) is 0 Å². The van der Waals surface area contributed by atoms with Crippen LogP contribution in [0.3, 0.4) is 0 Å². The summed E-state index contributed by atoms with van der Waals surface area (Å²) in [7, 11) is 3.82. The second-order valence-electron chi connectivity index (χ2n) is 6.19. The van der Waals surface area contributed by atoms with E-state index in [9.17, 15) is 0 Å². The molecule has 0 amide bonds. The summed E-state index contributed by atoms with van der Waals surface area (Å²) in [6, 6.07) is 10.8. The van der Waals surface area contributed by atoms with E-state index in [4.69, 9.17) is 5.73 Å². The molecule has 1 aliphatic heterocycles. The number of aromatic nitrogens is 3. The van der Waals surface area contributed by atoms with Crippen molar-refractivity contribution < 1.29 is 0 Å². The summed E-state index contributed by atoms with van der Waals surface area (Å²) >= 11 is 2.02. The summed E-state index contributed by atoms with van der Waals surface area (Å²) in [6.07, 6.45) is 0. The molecule has 128 valence electrons. The van der Waals surface area contributed by atoms with Crippen LogP contribution in [-0.4, -0.2) is 52.8 Å². The molecule has 6 nitrogen and oxygen atoms in total. The maximum absolute atomic E-state index is 5.87. The van der Waals surface area contributed by atoms with E-state index in [0.29, 0.717) is 11.2 Å². The van der Waals surface area contributed by atoms with Crippen LogP contribution in [0.25, 0.3) is 0 Å². The highest BCUT2D eigenvalue weighted by molar-refractivity contribution is 7.99. The third-order valence-corrected chi connectivity index (χ3v) is 5.49. The lowest BCUT2D eigenvalue weighted by molar-refractivity contribution is 0.210. The number of anilines is 2.